The molecule has 0 fully saturated rings. The van der Waals surface area contributed by atoms with Crippen molar-refractivity contribution in [3.8, 4) is 0 Å². The Labute approximate surface area is 80.1 Å². The first kappa shape index (κ1) is 11.9. The van der Waals surface area contributed by atoms with E-state index in [1.807, 2.05) is 18.7 Å². The second kappa shape index (κ2) is 6.43. The maximum atomic E-state index is 8.74. The van der Waals surface area contributed by atoms with Crippen molar-refractivity contribution in [1.29, 1.82) is 0 Å². The average Bonchev–Trinajstić information content (AvgIpc) is 2.10. The van der Waals surface area contributed by atoms with Crippen LogP contribution in [0.4, 0.5) is 0 Å². The molecule has 0 saturated carbocycles. The molecule has 0 rings (SSSR count). The third-order valence-corrected chi connectivity index (χ3v) is 1.55. The summed E-state index contributed by atoms with van der Waals surface area (Å²) in [6.45, 7) is 12.9. The Morgan fingerprint density at radius 3 is 2.54 bits per heavy atom. The van der Waals surface area contributed by atoms with Gasteiger partial charge in [0.15, 0.2) is 0 Å². The van der Waals surface area contributed by atoms with E-state index in [2.05, 4.69) is 18.2 Å². The molecule has 0 radical (unpaired) electrons. The highest BCUT2D eigenvalue weighted by molar-refractivity contribution is 5.77. The molecule has 0 aliphatic rings. The van der Waals surface area contributed by atoms with E-state index in [1.54, 1.807) is 6.21 Å². The van der Waals surface area contributed by atoms with Crippen LogP contribution in [0.25, 0.3) is 0 Å². The van der Waals surface area contributed by atoms with Crippen molar-refractivity contribution >= 4 is 6.21 Å². The summed E-state index contributed by atoms with van der Waals surface area (Å²) in [6.07, 6.45) is 1.67. The van der Waals surface area contributed by atoms with Crippen molar-refractivity contribution in [2.45, 2.75) is 13.8 Å². The van der Waals surface area contributed by atoms with E-state index < -0.39 is 0 Å². The number of rotatable bonds is 6. The quantitative estimate of drug-likeness (QED) is 0.631. The Hall–Kier alpha value is -1.09. The van der Waals surface area contributed by atoms with Gasteiger partial charge < -0.3 is 10.0 Å². The molecule has 0 bridgehead atoms. The lowest BCUT2D eigenvalue weighted by atomic mass is 10.4. The number of likely N-dealkylation sites (N-methyl/N-ethyl adjacent to an activating group) is 1. The van der Waals surface area contributed by atoms with Crippen LogP contribution in [0, 0.1) is 0 Å². The Morgan fingerprint density at radius 2 is 2.15 bits per heavy atom. The lowest BCUT2D eigenvalue weighted by molar-refractivity contribution is 0.231. The second-order valence-corrected chi connectivity index (χ2v) is 2.82. The SMILES string of the molecule is C=C(C)/C=N\C(=C)N(CC)CCO. The van der Waals surface area contributed by atoms with Crippen molar-refractivity contribution in [2.24, 2.45) is 4.99 Å². The van der Waals surface area contributed by atoms with Crippen LogP contribution in [0.1, 0.15) is 13.8 Å². The normalized spacial score (nSPS) is 10.4. The molecule has 3 nitrogen and oxygen atoms in total. The largest absolute Gasteiger partial charge is 0.395 e. The van der Waals surface area contributed by atoms with Gasteiger partial charge in [-0.15, -0.1) is 0 Å². The second-order valence-electron chi connectivity index (χ2n) is 2.82. The van der Waals surface area contributed by atoms with Crippen molar-refractivity contribution in [3.63, 3.8) is 0 Å². The fourth-order valence-corrected chi connectivity index (χ4v) is 0.857. The zero-order valence-electron chi connectivity index (χ0n) is 8.45. The lowest BCUT2D eigenvalue weighted by Gasteiger charge is -2.20. The Kier molecular flexibility index (Phi) is 5.89. The number of hydrogen-bond acceptors (Lipinski definition) is 3. The van der Waals surface area contributed by atoms with Crippen LogP contribution in [0.5, 0.6) is 0 Å². The topological polar surface area (TPSA) is 35.8 Å². The van der Waals surface area contributed by atoms with E-state index in [0.717, 1.165) is 12.1 Å². The summed E-state index contributed by atoms with van der Waals surface area (Å²) in [7, 11) is 0. The van der Waals surface area contributed by atoms with E-state index in [0.29, 0.717) is 12.4 Å². The molecule has 0 aromatic carbocycles. The first-order valence-electron chi connectivity index (χ1n) is 4.36. The van der Waals surface area contributed by atoms with Crippen molar-refractivity contribution < 1.29 is 5.11 Å². The number of nitrogens with zero attached hydrogens (tertiary/aromatic N) is 2. The maximum absolute atomic E-state index is 8.74. The number of allylic oxidation sites excluding steroid dienone is 1. The molecule has 0 unspecified atom stereocenters. The zero-order valence-corrected chi connectivity index (χ0v) is 8.45. The van der Waals surface area contributed by atoms with Crippen LogP contribution in [0.15, 0.2) is 29.5 Å². The van der Waals surface area contributed by atoms with Crippen LogP contribution < -0.4 is 0 Å². The summed E-state index contributed by atoms with van der Waals surface area (Å²) in [6, 6.07) is 0. The molecule has 74 valence electrons. The standard InChI is InChI=1S/C10H18N2O/c1-5-12(6-7-13)10(4)11-8-9(2)3/h8,13H,2,4-7H2,1,3H3/b11-8-. The van der Waals surface area contributed by atoms with Gasteiger partial charge in [0, 0.05) is 19.3 Å². The predicted molar refractivity (Wildman–Crippen MR) is 56.8 cm³/mol. The minimum Gasteiger partial charge on any atom is -0.395 e. The van der Waals surface area contributed by atoms with Gasteiger partial charge in [0.2, 0.25) is 0 Å². The predicted octanol–water partition coefficient (Wildman–Crippen LogP) is 1.42. The van der Waals surface area contributed by atoms with Gasteiger partial charge in [-0.2, -0.15) is 0 Å². The van der Waals surface area contributed by atoms with E-state index in [-0.39, 0.29) is 6.61 Å². The Bertz CT molecular complexity index is 209. The highest BCUT2D eigenvalue weighted by atomic mass is 16.3. The summed E-state index contributed by atoms with van der Waals surface area (Å²) in [4.78, 5) is 6.01. The molecule has 0 aromatic rings. The lowest BCUT2D eigenvalue weighted by Crippen LogP contribution is -2.24. The summed E-state index contributed by atoms with van der Waals surface area (Å²) < 4.78 is 0. The molecule has 0 aliphatic carbocycles. The first-order chi connectivity index (χ1) is 6.11. The first-order valence-corrected chi connectivity index (χ1v) is 4.36. The van der Waals surface area contributed by atoms with Gasteiger partial charge in [-0.3, -0.25) is 0 Å². The molecule has 3 heteroatoms. The van der Waals surface area contributed by atoms with Gasteiger partial charge in [-0.25, -0.2) is 4.99 Å². The third-order valence-electron chi connectivity index (χ3n) is 1.55. The summed E-state index contributed by atoms with van der Waals surface area (Å²) in [5.74, 6) is 0.666. The highest BCUT2D eigenvalue weighted by Gasteiger charge is 2.01. The van der Waals surface area contributed by atoms with Crippen molar-refractivity contribution in [3.05, 3.63) is 24.6 Å². The molecular formula is C10H18N2O. The Balaban J connectivity index is 4.13. The number of aliphatic hydroxyl groups is 1. The van der Waals surface area contributed by atoms with Gasteiger partial charge in [0.05, 0.1) is 6.61 Å². The average molecular weight is 182 g/mol. The van der Waals surface area contributed by atoms with E-state index in [9.17, 15) is 0 Å². The monoisotopic (exact) mass is 182 g/mol. The molecule has 1 N–H and O–H groups in total. The van der Waals surface area contributed by atoms with E-state index in [4.69, 9.17) is 5.11 Å². The molecule has 0 saturated heterocycles. The molecule has 0 amide bonds. The number of hydrogen-bond donors (Lipinski definition) is 1. The highest BCUT2D eigenvalue weighted by Crippen LogP contribution is 2.01. The third kappa shape index (κ3) is 5.20. The molecule has 0 heterocycles. The summed E-state index contributed by atoms with van der Waals surface area (Å²) in [5.41, 5.74) is 0.890. The zero-order chi connectivity index (χ0) is 10.3. The van der Waals surface area contributed by atoms with Crippen LogP contribution in [0.3, 0.4) is 0 Å². The van der Waals surface area contributed by atoms with Gasteiger partial charge in [-0.1, -0.05) is 13.2 Å². The van der Waals surface area contributed by atoms with Gasteiger partial charge in [0.25, 0.3) is 0 Å². The van der Waals surface area contributed by atoms with Crippen LogP contribution in [-0.4, -0.2) is 35.9 Å². The number of aliphatic hydroxyl groups excluding tert-OH is 1. The van der Waals surface area contributed by atoms with Crippen LogP contribution in [0.2, 0.25) is 0 Å². The summed E-state index contributed by atoms with van der Waals surface area (Å²) in [5, 5.41) is 8.74. The number of aliphatic imine (C=N–C) groups is 1. The van der Waals surface area contributed by atoms with Gasteiger partial charge in [0.1, 0.15) is 5.82 Å². The molecule has 0 atom stereocenters. The van der Waals surface area contributed by atoms with Crippen molar-refractivity contribution in [1.82, 2.24) is 4.90 Å². The summed E-state index contributed by atoms with van der Waals surface area (Å²) >= 11 is 0. The maximum Gasteiger partial charge on any atom is 0.121 e. The molecule has 0 spiro atoms. The molecular weight excluding hydrogens is 164 g/mol. The smallest absolute Gasteiger partial charge is 0.121 e. The van der Waals surface area contributed by atoms with E-state index in [1.165, 1.54) is 0 Å². The minimum atomic E-state index is 0.120. The molecule has 0 aromatic heterocycles. The molecule has 13 heavy (non-hydrogen) atoms. The van der Waals surface area contributed by atoms with Gasteiger partial charge >= 0.3 is 0 Å². The van der Waals surface area contributed by atoms with Crippen LogP contribution >= 0.6 is 0 Å². The van der Waals surface area contributed by atoms with Gasteiger partial charge in [-0.05, 0) is 19.4 Å². The van der Waals surface area contributed by atoms with Crippen LogP contribution in [-0.2, 0) is 0 Å². The fraction of sp³-hybridized carbons (Fsp3) is 0.500. The fourth-order valence-electron chi connectivity index (χ4n) is 0.857. The van der Waals surface area contributed by atoms with Crippen molar-refractivity contribution in [2.75, 3.05) is 19.7 Å². The minimum absolute atomic E-state index is 0.120. The van der Waals surface area contributed by atoms with E-state index >= 15 is 0 Å². The Morgan fingerprint density at radius 1 is 1.54 bits per heavy atom. The molecule has 0 aliphatic heterocycles.